The molecule has 116 valence electrons. The van der Waals surface area contributed by atoms with Gasteiger partial charge >= 0.3 is 0 Å². The largest absolute Gasteiger partial charge is 0.623 e. The Hall–Kier alpha value is -2.34. The van der Waals surface area contributed by atoms with Crippen LogP contribution in [0.5, 0.6) is 0 Å². The van der Waals surface area contributed by atoms with Gasteiger partial charge in [0, 0.05) is 10.2 Å². The summed E-state index contributed by atoms with van der Waals surface area (Å²) in [4.78, 5) is 4.56. The Labute approximate surface area is 141 Å². The van der Waals surface area contributed by atoms with Crippen LogP contribution in [0.15, 0.2) is 45.5 Å². The average Bonchev–Trinajstić information content (AvgIpc) is 3.08. The molecule has 0 saturated heterocycles. The maximum Gasteiger partial charge on any atom is 0.263 e. The van der Waals surface area contributed by atoms with Crippen LogP contribution in [0.25, 0.3) is 5.69 Å². The van der Waals surface area contributed by atoms with Gasteiger partial charge in [0.2, 0.25) is 6.54 Å². The van der Waals surface area contributed by atoms with E-state index in [9.17, 15) is 5.21 Å². The second-order valence-electron chi connectivity index (χ2n) is 5.56. The van der Waals surface area contributed by atoms with Crippen LogP contribution in [-0.4, -0.2) is 20.0 Å². The number of halogens is 1. The van der Waals surface area contributed by atoms with E-state index in [1.54, 1.807) is 18.4 Å². The monoisotopic (exact) mass is 371 g/mol. The van der Waals surface area contributed by atoms with Crippen LogP contribution in [0.3, 0.4) is 0 Å². The Kier molecular flexibility index (Phi) is 3.16. The number of imidazole rings is 1. The first-order chi connectivity index (χ1) is 11.1. The van der Waals surface area contributed by atoms with Crippen molar-refractivity contribution in [3.8, 4) is 5.69 Å². The molecular weight excluding hydrogens is 358 g/mol. The zero-order valence-electron chi connectivity index (χ0n) is 12.7. The van der Waals surface area contributed by atoms with E-state index in [0.717, 1.165) is 37.7 Å². The van der Waals surface area contributed by atoms with Gasteiger partial charge in [-0.2, -0.15) is 4.74 Å². The summed E-state index contributed by atoms with van der Waals surface area (Å²) in [6, 6.07) is 9.50. The van der Waals surface area contributed by atoms with Crippen LogP contribution in [0, 0.1) is 19.1 Å². The van der Waals surface area contributed by atoms with E-state index in [-0.39, 0.29) is 6.54 Å². The fourth-order valence-electron chi connectivity index (χ4n) is 3.01. The summed E-state index contributed by atoms with van der Waals surface area (Å²) >= 11 is 3.50. The molecule has 0 unspecified atom stereocenters. The summed E-state index contributed by atoms with van der Waals surface area (Å²) < 4.78 is 9.42. The van der Waals surface area contributed by atoms with Gasteiger partial charge in [0.25, 0.3) is 5.71 Å². The van der Waals surface area contributed by atoms with Gasteiger partial charge in [0.1, 0.15) is 0 Å². The Bertz CT molecular complexity index is 939. The Morgan fingerprint density at radius 2 is 2.13 bits per heavy atom. The van der Waals surface area contributed by atoms with Crippen LogP contribution in [0.4, 0.5) is 0 Å². The van der Waals surface area contributed by atoms with E-state index in [1.165, 1.54) is 0 Å². The molecule has 0 N–H and O–H groups in total. The normalized spacial score (nSPS) is 13.7. The van der Waals surface area contributed by atoms with Crippen LogP contribution in [0.1, 0.15) is 28.5 Å². The number of nitrogens with zero attached hydrogens (tertiary/aromatic N) is 3. The zero-order valence-corrected chi connectivity index (χ0v) is 14.3. The molecule has 3 aromatic rings. The van der Waals surface area contributed by atoms with Crippen molar-refractivity contribution < 1.29 is 9.16 Å². The minimum atomic E-state index is 0.178. The molecule has 0 atom stereocenters. The molecule has 1 aromatic carbocycles. The third-order valence-corrected chi connectivity index (χ3v) is 4.65. The third-order valence-electron chi connectivity index (χ3n) is 4.16. The summed E-state index contributed by atoms with van der Waals surface area (Å²) in [5, 5.41) is 12.8. The molecule has 4 rings (SSSR count). The second kappa shape index (κ2) is 5.09. The Balaban J connectivity index is 2.09. The lowest BCUT2D eigenvalue weighted by Crippen LogP contribution is -2.17. The lowest BCUT2D eigenvalue weighted by Gasteiger charge is -2.11. The van der Waals surface area contributed by atoms with Crippen LogP contribution in [-0.2, 0) is 6.54 Å². The average molecular weight is 372 g/mol. The summed E-state index contributed by atoms with van der Waals surface area (Å²) in [6.45, 7) is 4.16. The van der Waals surface area contributed by atoms with Crippen LogP contribution < -0.4 is 0 Å². The maximum atomic E-state index is 12.8. The number of hydroxylamine groups is 1. The lowest BCUT2D eigenvalue weighted by molar-refractivity contribution is -0.475. The van der Waals surface area contributed by atoms with Crippen molar-refractivity contribution >= 4 is 21.6 Å². The molecule has 23 heavy (non-hydrogen) atoms. The second-order valence-corrected chi connectivity index (χ2v) is 6.47. The molecule has 0 spiro atoms. The number of fused-ring (bicyclic) bond motifs is 3. The highest BCUT2D eigenvalue weighted by molar-refractivity contribution is 9.10. The third kappa shape index (κ3) is 2.13. The Morgan fingerprint density at radius 1 is 1.30 bits per heavy atom. The fraction of sp³-hybridized carbons (Fsp3) is 0.176. The quantitative estimate of drug-likeness (QED) is 0.483. The fourth-order valence-corrected chi connectivity index (χ4v) is 3.37. The molecular formula is C17H14BrN3O2. The lowest BCUT2D eigenvalue weighted by atomic mass is 10.1. The van der Waals surface area contributed by atoms with Gasteiger partial charge in [-0.05, 0) is 44.2 Å². The van der Waals surface area contributed by atoms with Crippen molar-refractivity contribution in [2.45, 2.75) is 20.4 Å². The first-order valence-electron chi connectivity index (χ1n) is 7.27. The van der Waals surface area contributed by atoms with Crippen molar-refractivity contribution in [3.63, 3.8) is 0 Å². The van der Waals surface area contributed by atoms with Gasteiger partial charge in [-0.25, -0.2) is 4.98 Å². The molecule has 1 aliphatic heterocycles. The summed E-state index contributed by atoms with van der Waals surface area (Å²) in [6.07, 6.45) is 1.58. The highest BCUT2D eigenvalue weighted by Crippen LogP contribution is 2.29. The van der Waals surface area contributed by atoms with Gasteiger partial charge in [-0.15, -0.1) is 0 Å². The standard InChI is InChI=1S/C17H14BrN3O2/c1-10-11(2)21-14-6-5-12(18)8-13(14)17(15-4-3-7-23-15)20(22)9-16(21)19-10/h3-8H,9H2,1-2H3. The molecule has 0 radical (unpaired) electrons. The SMILES string of the molecule is Cc1nc2n(c1C)-c1ccc(Br)cc1C(c1ccco1)=[N+]([O-])C2. The molecule has 0 saturated carbocycles. The van der Waals surface area contributed by atoms with Gasteiger partial charge in [-0.3, -0.25) is 4.57 Å². The number of hydrogen-bond donors (Lipinski definition) is 0. The summed E-state index contributed by atoms with van der Waals surface area (Å²) in [7, 11) is 0. The van der Waals surface area contributed by atoms with Gasteiger partial charge in [0.15, 0.2) is 11.6 Å². The van der Waals surface area contributed by atoms with Crippen molar-refractivity contribution in [1.29, 1.82) is 0 Å². The number of aryl methyl sites for hydroxylation is 1. The first kappa shape index (κ1) is 14.3. The minimum Gasteiger partial charge on any atom is -0.623 e. The molecule has 0 amide bonds. The van der Waals surface area contributed by atoms with E-state index in [0.29, 0.717) is 11.5 Å². The van der Waals surface area contributed by atoms with Gasteiger partial charge in [-0.1, -0.05) is 15.9 Å². The predicted octanol–water partition coefficient (Wildman–Crippen LogP) is 3.71. The molecule has 3 heterocycles. The highest BCUT2D eigenvalue weighted by atomic mass is 79.9. The molecule has 6 heteroatoms. The van der Waals surface area contributed by atoms with Crippen molar-refractivity contribution in [1.82, 2.24) is 9.55 Å². The number of aromatic nitrogens is 2. The Morgan fingerprint density at radius 3 is 2.87 bits per heavy atom. The van der Waals surface area contributed by atoms with Crippen LogP contribution in [0.2, 0.25) is 0 Å². The highest BCUT2D eigenvalue weighted by Gasteiger charge is 2.30. The molecule has 2 aromatic heterocycles. The van der Waals surface area contributed by atoms with E-state index in [4.69, 9.17) is 4.42 Å². The van der Waals surface area contributed by atoms with Crippen molar-refractivity contribution in [3.05, 3.63) is 74.8 Å². The molecule has 0 aliphatic carbocycles. The summed E-state index contributed by atoms with van der Waals surface area (Å²) in [5.74, 6) is 1.29. The molecule has 1 aliphatic rings. The summed E-state index contributed by atoms with van der Waals surface area (Å²) in [5.41, 5.74) is 4.25. The minimum absolute atomic E-state index is 0.178. The number of benzene rings is 1. The molecule has 0 bridgehead atoms. The van der Waals surface area contributed by atoms with Crippen molar-refractivity contribution in [2.24, 2.45) is 0 Å². The maximum absolute atomic E-state index is 12.8. The van der Waals surface area contributed by atoms with E-state index >= 15 is 0 Å². The number of hydrogen-bond acceptors (Lipinski definition) is 3. The van der Waals surface area contributed by atoms with E-state index in [2.05, 4.69) is 25.5 Å². The zero-order chi connectivity index (χ0) is 16.1. The topological polar surface area (TPSA) is 57.0 Å². The number of rotatable bonds is 1. The van der Waals surface area contributed by atoms with Gasteiger partial charge < -0.3 is 9.62 Å². The molecule has 5 nitrogen and oxygen atoms in total. The van der Waals surface area contributed by atoms with Gasteiger partial charge in [0.05, 0.1) is 23.2 Å². The molecule has 0 fully saturated rings. The van der Waals surface area contributed by atoms with Crippen molar-refractivity contribution in [2.75, 3.05) is 0 Å². The van der Waals surface area contributed by atoms with E-state index < -0.39 is 0 Å². The van der Waals surface area contributed by atoms with E-state index in [1.807, 2.05) is 32.0 Å². The predicted molar refractivity (Wildman–Crippen MR) is 90.0 cm³/mol. The van der Waals surface area contributed by atoms with Crippen LogP contribution >= 0.6 is 15.9 Å². The first-order valence-corrected chi connectivity index (χ1v) is 8.06. The number of furan rings is 1. The smallest absolute Gasteiger partial charge is 0.263 e.